The van der Waals surface area contributed by atoms with Crippen LogP contribution in [-0.4, -0.2) is 28.2 Å². The molecule has 1 fully saturated rings. The number of carbonyl (C=O) groups excluding carboxylic acids is 1. The van der Waals surface area contributed by atoms with Crippen LogP contribution in [-0.2, 0) is 0 Å². The Kier molecular flexibility index (Phi) is 4.86. The Hall–Kier alpha value is -1.30. The van der Waals surface area contributed by atoms with E-state index in [4.69, 9.17) is 0 Å². The van der Waals surface area contributed by atoms with Crippen LogP contribution in [0.5, 0.6) is 0 Å². The predicted octanol–water partition coefficient (Wildman–Crippen LogP) is 2.11. The molecule has 0 saturated heterocycles. The minimum atomic E-state index is -0.408. The molecule has 1 aliphatic rings. The second kappa shape index (κ2) is 6.43. The number of H-pyrrole nitrogens is 1. The van der Waals surface area contributed by atoms with Crippen LogP contribution >= 0.6 is 11.8 Å². The average Bonchev–Trinajstić information content (AvgIpc) is 2.40. The summed E-state index contributed by atoms with van der Waals surface area (Å²) < 4.78 is 0. The molecule has 6 heteroatoms. The molecule has 0 aliphatic heterocycles. The van der Waals surface area contributed by atoms with E-state index >= 15 is 0 Å². The van der Waals surface area contributed by atoms with Gasteiger partial charge in [-0.25, -0.2) is 4.79 Å². The lowest BCUT2D eigenvalue weighted by Gasteiger charge is -2.29. The van der Waals surface area contributed by atoms with Gasteiger partial charge < -0.3 is 10.3 Å². The second-order valence-corrected chi connectivity index (χ2v) is 6.19. The first-order valence-corrected chi connectivity index (χ1v) is 8.21. The van der Waals surface area contributed by atoms with Gasteiger partial charge in [-0.2, -0.15) is 4.98 Å². The van der Waals surface area contributed by atoms with Gasteiger partial charge in [-0.3, -0.25) is 4.79 Å². The molecule has 0 bridgehead atoms. The summed E-state index contributed by atoms with van der Waals surface area (Å²) in [6.45, 7) is 3.92. The molecule has 1 heterocycles. The van der Waals surface area contributed by atoms with Crippen molar-refractivity contribution in [3.63, 3.8) is 0 Å². The van der Waals surface area contributed by atoms with Crippen molar-refractivity contribution in [1.82, 2.24) is 15.3 Å². The summed E-state index contributed by atoms with van der Waals surface area (Å²) in [4.78, 5) is 30.3. The van der Waals surface area contributed by atoms with Crippen molar-refractivity contribution in [3.8, 4) is 0 Å². The van der Waals surface area contributed by atoms with Gasteiger partial charge in [0.25, 0.3) is 5.91 Å². The smallest absolute Gasteiger partial charge is 0.346 e. The summed E-state index contributed by atoms with van der Waals surface area (Å²) in [5, 5.41) is 3.60. The maximum absolute atomic E-state index is 12.5. The summed E-state index contributed by atoms with van der Waals surface area (Å²) in [5.74, 6) is 0.371. The highest BCUT2D eigenvalue weighted by Crippen LogP contribution is 2.25. The van der Waals surface area contributed by atoms with E-state index in [-0.39, 0.29) is 11.9 Å². The van der Waals surface area contributed by atoms with Crippen molar-refractivity contribution < 1.29 is 4.79 Å². The number of nitrogens with one attached hydrogen (secondary N) is 2. The number of hydrogen-bond acceptors (Lipinski definition) is 4. The molecule has 0 aromatic carbocycles. The first-order valence-electron chi connectivity index (χ1n) is 6.98. The van der Waals surface area contributed by atoms with Crippen LogP contribution in [0.1, 0.15) is 48.7 Å². The topological polar surface area (TPSA) is 74.8 Å². The van der Waals surface area contributed by atoms with E-state index in [0.717, 1.165) is 19.3 Å². The lowest BCUT2D eigenvalue weighted by atomic mass is 9.86. The number of carbonyl (C=O) groups is 1. The Balaban J connectivity index is 2.22. The molecular weight excluding hydrogens is 274 g/mol. The van der Waals surface area contributed by atoms with Gasteiger partial charge in [0.1, 0.15) is 5.03 Å². The van der Waals surface area contributed by atoms with Gasteiger partial charge in [0.15, 0.2) is 0 Å². The minimum Gasteiger partial charge on any atom is -0.349 e. The standard InChI is InChI=1S/C14H21N3O2S/c1-8-6-4-5-7-10(8)16-12(18)11-9(2)15-14(19)17-13(11)20-3/h8,10H,4-7H2,1-3H3,(H,16,18)(H,15,17,19)/t8-,10-/m0/s1. The maximum atomic E-state index is 12.5. The van der Waals surface area contributed by atoms with Gasteiger partial charge >= 0.3 is 5.69 Å². The average molecular weight is 295 g/mol. The maximum Gasteiger partial charge on any atom is 0.346 e. The van der Waals surface area contributed by atoms with Crippen LogP contribution in [0.4, 0.5) is 0 Å². The molecule has 1 amide bonds. The normalized spacial score (nSPS) is 22.6. The highest BCUT2D eigenvalue weighted by molar-refractivity contribution is 7.98. The molecule has 1 saturated carbocycles. The van der Waals surface area contributed by atoms with Crippen LogP contribution in [0.3, 0.4) is 0 Å². The number of rotatable bonds is 3. The fourth-order valence-electron chi connectivity index (χ4n) is 2.75. The molecule has 2 N–H and O–H groups in total. The number of thioether (sulfide) groups is 1. The van der Waals surface area contributed by atoms with E-state index in [1.54, 1.807) is 6.92 Å². The third-order valence-electron chi connectivity index (χ3n) is 3.93. The van der Waals surface area contributed by atoms with Crippen LogP contribution in [0.15, 0.2) is 9.82 Å². The molecule has 2 rings (SSSR count). The molecule has 2 atom stereocenters. The lowest BCUT2D eigenvalue weighted by Crippen LogP contribution is -2.41. The van der Waals surface area contributed by atoms with Crippen molar-refractivity contribution in [1.29, 1.82) is 0 Å². The highest BCUT2D eigenvalue weighted by Gasteiger charge is 2.25. The Morgan fingerprint density at radius 3 is 2.75 bits per heavy atom. The molecule has 1 aliphatic carbocycles. The Labute approximate surface area is 123 Å². The third kappa shape index (κ3) is 3.23. The van der Waals surface area contributed by atoms with Crippen LogP contribution in [0.2, 0.25) is 0 Å². The fraction of sp³-hybridized carbons (Fsp3) is 0.643. The van der Waals surface area contributed by atoms with E-state index in [0.29, 0.717) is 22.2 Å². The number of aryl methyl sites for hydroxylation is 1. The van der Waals surface area contributed by atoms with Crippen LogP contribution < -0.4 is 11.0 Å². The Morgan fingerprint density at radius 2 is 2.10 bits per heavy atom. The van der Waals surface area contributed by atoms with Crippen molar-refractivity contribution in [3.05, 3.63) is 21.7 Å². The molecule has 1 aromatic heterocycles. The number of nitrogens with zero attached hydrogens (tertiary/aromatic N) is 1. The SMILES string of the molecule is CSc1nc(=O)[nH]c(C)c1C(=O)N[C@H]1CCCC[C@@H]1C. The first kappa shape index (κ1) is 15.1. The quantitative estimate of drug-likeness (QED) is 0.661. The summed E-state index contributed by atoms with van der Waals surface area (Å²) in [6, 6.07) is 0.220. The lowest BCUT2D eigenvalue weighted by molar-refractivity contribution is 0.0905. The number of amides is 1. The van der Waals surface area contributed by atoms with Crippen molar-refractivity contribution in [2.24, 2.45) is 5.92 Å². The molecule has 0 spiro atoms. The van der Waals surface area contributed by atoms with Gasteiger partial charge in [-0.1, -0.05) is 19.8 Å². The van der Waals surface area contributed by atoms with Gasteiger partial charge in [-0.15, -0.1) is 11.8 Å². The zero-order valence-corrected chi connectivity index (χ0v) is 13.0. The van der Waals surface area contributed by atoms with Gasteiger partial charge in [-0.05, 0) is 31.9 Å². The van der Waals surface area contributed by atoms with Gasteiger partial charge in [0, 0.05) is 11.7 Å². The summed E-state index contributed by atoms with van der Waals surface area (Å²) in [6.07, 6.45) is 6.40. The Morgan fingerprint density at radius 1 is 1.40 bits per heavy atom. The largest absolute Gasteiger partial charge is 0.349 e. The zero-order chi connectivity index (χ0) is 14.7. The minimum absolute atomic E-state index is 0.130. The van der Waals surface area contributed by atoms with Crippen molar-refractivity contribution >= 4 is 17.7 Å². The second-order valence-electron chi connectivity index (χ2n) is 5.39. The van der Waals surface area contributed by atoms with E-state index in [2.05, 4.69) is 22.2 Å². The fourth-order valence-corrected chi connectivity index (χ4v) is 3.37. The van der Waals surface area contributed by atoms with Crippen LogP contribution in [0, 0.1) is 12.8 Å². The van der Waals surface area contributed by atoms with Gasteiger partial charge in [0.2, 0.25) is 0 Å². The summed E-state index contributed by atoms with van der Waals surface area (Å²) in [7, 11) is 0. The number of aromatic amines is 1. The van der Waals surface area contributed by atoms with E-state index < -0.39 is 5.69 Å². The predicted molar refractivity (Wildman–Crippen MR) is 80.3 cm³/mol. The molecule has 5 nitrogen and oxygen atoms in total. The van der Waals surface area contributed by atoms with Crippen LogP contribution in [0.25, 0.3) is 0 Å². The van der Waals surface area contributed by atoms with E-state index in [1.807, 2.05) is 6.26 Å². The zero-order valence-electron chi connectivity index (χ0n) is 12.2. The molecule has 110 valence electrons. The third-order valence-corrected chi connectivity index (χ3v) is 4.62. The monoisotopic (exact) mass is 295 g/mol. The molecule has 0 unspecified atom stereocenters. The summed E-state index contributed by atoms with van der Waals surface area (Å²) in [5.41, 5.74) is 0.666. The summed E-state index contributed by atoms with van der Waals surface area (Å²) >= 11 is 1.32. The van der Waals surface area contributed by atoms with Gasteiger partial charge in [0.05, 0.1) is 5.56 Å². The first-order chi connectivity index (χ1) is 9.52. The van der Waals surface area contributed by atoms with Crippen molar-refractivity contribution in [2.45, 2.75) is 50.6 Å². The molecular formula is C14H21N3O2S. The van der Waals surface area contributed by atoms with E-state index in [1.165, 1.54) is 18.2 Å². The number of aromatic nitrogens is 2. The Bertz CT molecular complexity index is 556. The van der Waals surface area contributed by atoms with Crippen molar-refractivity contribution in [2.75, 3.05) is 6.26 Å². The molecule has 1 aromatic rings. The molecule has 20 heavy (non-hydrogen) atoms. The highest BCUT2D eigenvalue weighted by atomic mass is 32.2. The molecule has 0 radical (unpaired) electrons. The number of hydrogen-bond donors (Lipinski definition) is 2. The van der Waals surface area contributed by atoms with E-state index in [9.17, 15) is 9.59 Å².